The fourth-order valence-electron chi connectivity index (χ4n) is 1.94. The molecule has 6 nitrogen and oxygen atoms in total. The Hall–Kier alpha value is -1.31. The minimum absolute atomic E-state index is 0.0441. The summed E-state index contributed by atoms with van der Waals surface area (Å²) in [7, 11) is -0.798. The minimum Gasteiger partial charge on any atom is -0.493 e. The van der Waals surface area contributed by atoms with Crippen LogP contribution in [0.1, 0.15) is 26.7 Å². The van der Waals surface area contributed by atoms with E-state index in [1.807, 2.05) is 6.92 Å². The minimum atomic E-state index is -3.71. The van der Waals surface area contributed by atoms with Crippen LogP contribution in [0.15, 0.2) is 23.1 Å². The standard InChI is InChI=1S/C14H23NO5S/c1-5-8-14(2,16)10-15-21(17,18)11-6-7-12(19-3)13(9-11)20-4/h6-7,9,15-16H,5,8,10H2,1-4H3. The molecule has 0 bridgehead atoms. The van der Waals surface area contributed by atoms with Gasteiger partial charge < -0.3 is 14.6 Å². The molecule has 1 aromatic carbocycles. The molecule has 0 aliphatic heterocycles. The van der Waals surface area contributed by atoms with E-state index in [-0.39, 0.29) is 11.4 Å². The van der Waals surface area contributed by atoms with Gasteiger partial charge in [-0.25, -0.2) is 13.1 Å². The first-order valence-corrected chi connectivity index (χ1v) is 8.18. The highest BCUT2D eigenvalue weighted by Crippen LogP contribution is 2.29. The monoisotopic (exact) mass is 317 g/mol. The van der Waals surface area contributed by atoms with E-state index >= 15 is 0 Å². The Bertz CT molecular complexity index is 569. The topological polar surface area (TPSA) is 84.9 Å². The molecule has 0 amide bonds. The van der Waals surface area contributed by atoms with E-state index in [1.54, 1.807) is 6.92 Å². The van der Waals surface area contributed by atoms with Crippen molar-refractivity contribution in [1.82, 2.24) is 4.72 Å². The van der Waals surface area contributed by atoms with Gasteiger partial charge in [0.05, 0.1) is 24.7 Å². The zero-order valence-electron chi connectivity index (χ0n) is 12.8. The van der Waals surface area contributed by atoms with Crippen LogP contribution in [0.25, 0.3) is 0 Å². The van der Waals surface area contributed by atoms with E-state index in [9.17, 15) is 13.5 Å². The quantitative estimate of drug-likeness (QED) is 0.759. The van der Waals surface area contributed by atoms with Crippen LogP contribution < -0.4 is 14.2 Å². The zero-order chi connectivity index (χ0) is 16.1. The van der Waals surface area contributed by atoms with Gasteiger partial charge in [-0.1, -0.05) is 13.3 Å². The third-order valence-corrected chi connectivity index (χ3v) is 4.50. The molecule has 0 fully saturated rings. The van der Waals surface area contributed by atoms with E-state index in [0.717, 1.165) is 6.42 Å². The van der Waals surface area contributed by atoms with E-state index in [2.05, 4.69) is 4.72 Å². The lowest BCUT2D eigenvalue weighted by Gasteiger charge is -2.23. The molecule has 1 atom stereocenters. The number of rotatable bonds is 8. The van der Waals surface area contributed by atoms with Crippen LogP contribution in [0.3, 0.4) is 0 Å². The molecule has 0 saturated heterocycles. The summed E-state index contributed by atoms with van der Waals surface area (Å²) in [6.45, 7) is 3.49. The number of sulfonamides is 1. The Balaban J connectivity index is 2.93. The maximum Gasteiger partial charge on any atom is 0.240 e. The molecule has 2 N–H and O–H groups in total. The molecule has 0 aliphatic carbocycles. The second-order valence-corrected chi connectivity index (χ2v) is 6.86. The van der Waals surface area contributed by atoms with Crippen molar-refractivity contribution in [1.29, 1.82) is 0 Å². The zero-order valence-corrected chi connectivity index (χ0v) is 13.7. The van der Waals surface area contributed by atoms with Gasteiger partial charge in [-0.3, -0.25) is 0 Å². The lowest BCUT2D eigenvalue weighted by atomic mass is 10.0. The van der Waals surface area contributed by atoms with Crippen LogP contribution in [-0.2, 0) is 10.0 Å². The summed E-state index contributed by atoms with van der Waals surface area (Å²) >= 11 is 0. The van der Waals surface area contributed by atoms with Gasteiger partial charge >= 0.3 is 0 Å². The number of ether oxygens (including phenoxy) is 2. The van der Waals surface area contributed by atoms with Crippen LogP contribution in [0, 0.1) is 0 Å². The van der Waals surface area contributed by atoms with Gasteiger partial charge in [-0.2, -0.15) is 0 Å². The summed E-state index contributed by atoms with van der Waals surface area (Å²) in [4.78, 5) is 0.0625. The smallest absolute Gasteiger partial charge is 0.240 e. The molecular formula is C14H23NO5S. The SMILES string of the molecule is CCCC(C)(O)CNS(=O)(=O)c1ccc(OC)c(OC)c1. The van der Waals surface area contributed by atoms with Gasteiger partial charge in [0.1, 0.15) is 0 Å². The molecule has 120 valence electrons. The summed E-state index contributed by atoms with van der Waals surface area (Å²) in [6, 6.07) is 4.34. The molecule has 1 aromatic rings. The molecular weight excluding hydrogens is 294 g/mol. The van der Waals surface area contributed by atoms with Gasteiger partial charge in [0.15, 0.2) is 11.5 Å². The van der Waals surface area contributed by atoms with Crippen LogP contribution in [0.5, 0.6) is 11.5 Å². The molecule has 1 unspecified atom stereocenters. The van der Waals surface area contributed by atoms with E-state index < -0.39 is 15.6 Å². The van der Waals surface area contributed by atoms with Crippen molar-refractivity contribution in [3.8, 4) is 11.5 Å². The molecule has 0 saturated carbocycles. The molecule has 1 rings (SSSR count). The third-order valence-electron chi connectivity index (χ3n) is 3.10. The first-order valence-electron chi connectivity index (χ1n) is 6.70. The van der Waals surface area contributed by atoms with Gasteiger partial charge in [-0.05, 0) is 25.5 Å². The Kier molecular flexibility index (Phi) is 6.00. The average Bonchev–Trinajstić information content (AvgIpc) is 2.44. The molecule has 0 aromatic heterocycles. The Labute approximate surface area is 126 Å². The molecule has 7 heteroatoms. The fourth-order valence-corrected chi connectivity index (χ4v) is 3.12. The van der Waals surface area contributed by atoms with Crippen molar-refractivity contribution in [3.63, 3.8) is 0 Å². The molecule has 0 spiro atoms. The number of methoxy groups -OCH3 is 2. The van der Waals surface area contributed by atoms with Crippen molar-refractivity contribution in [2.45, 2.75) is 37.2 Å². The normalized spacial score (nSPS) is 14.5. The lowest BCUT2D eigenvalue weighted by Crippen LogP contribution is -2.40. The second kappa shape index (κ2) is 7.11. The highest BCUT2D eigenvalue weighted by atomic mass is 32.2. The number of hydrogen-bond acceptors (Lipinski definition) is 5. The van der Waals surface area contributed by atoms with Crippen molar-refractivity contribution >= 4 is 10.0 Å². The first-order chi connectivity index (χ1) is 9.75. The van der Waals surface area contributed by atoms with Crippen molar-refractivity contribution in [2.75, 3.05) is 20.8 Å². The van der Waals surface area contributed by atoms with Crippen LogP contribution in [0.2, 0.25) is 0 Å². The second-order valence-electron chi connectivity index (χ2n) is 5.09. The Morgan fingerprint density at radius 1 is 1.24 bits per heavy atom. The highest BCUT2D eigenvalue weighted by molar-refractivity contribution is 7.89. The van der Waals surface area contributed by atoms with Crippen molar-refractivity contribution in [2.24, 2.45) is 0 Å². The lowest BCUT2D eigenvalue weighted by molar-refractivity contribution is 0.0554. The predicted octanol–water partition coefficient (Wildman–Crippen LogP) is 1.53. The van der Waals surface area contributed by atoms with E-state index in [1.165, 1.54) is 32.4 Å². The van der Waals surface area contributed by atoms with Crippen molar-refractivity contribution < 1.29 is 23.0 Å². The highest BCUT2D eigenvalue weighted by Gasteiger charge is 2.24. The van der Waals surface area contributed by atoms with Gasteiger partial charge in [0.2, 0.25) is 10.0 Å². The largest absolute Gasteiger partial charge is 0.493 e. The maximum atomic E-state index is 12.2. The summed E-state index contributed by atoms with van der Waals surface area (Å²) in [5, 5.41) is 10.0. The van der Waals surface area contributed by atoms with Gasteiger partial charge in [0, 0.05) is 12.6 Å². The van der Waals surface area contributed by atoms with Crippen LogP contribution in [0.4, 0.5) is 0 Å². The van der Waals surface area contributed by atoms with Gasteiger partial charge in [0.25, 0.3) is 0 Å². The summed E-state index contributed by atoms with van der Waals surface area (Å²) in [5.41, 5.74) is -1.07. The van der Waals surface area contributed by atoms with E-state index in [4.69, 9.17) is 9.47 Å². The number of nitrogens with one attached hydrogen (secondary N) is 1. The Morgan fingerprint density at radius 3 is 2.38 bits per heavy atom. The summed E-state index contributed by atoms with van der Waals surface area (Å²) in [6.07, 6.45) is 1.28. The Morgan fingerprint density at radius 2 is 1.86 bits per heavy atom. The number of hydrogen-bond donors (Lipinski definition) is 2. The first kappa shape index (κ1) is 17.7. The molecule has 0 radical (unpaired) electrons. The summed E-state index contributed by atoms with van der Waals surface area (Å²) < 4.78 is 37.0. The summed E-state index contributed by atoms with van der Waals surface area (Å²) in [5.74, 6) is 0.787. The number of aliphatic hydroxyl groups is 1. The predicted molar refractivity (Wildman–Crippen MR) is 80.3 cm³/mol. The number of benzene rings is 1. The van der Waals surface area contributed by atoms with Gasteiger partial charge in [-0.15, -0.1) is 0 Å². The molecule has 0 aliphatic rings. The fraction of sp³-hybridized carbons (Fsp3) is 0.571. The van der Waals surface area contributed by atoms with E-state index in [0.29, 0.717) is 17.9 Å². The third kappa shape index (κ3) is 4.87. The van der Waals surface area contributed by atoms with Crippen LogP contribution in [-0.4, -0.2) is 39.9 Å². The molecule has 21 heavy (non-hydrogen) atoms. The average molecular weight is 317 g/mol. The molecule has 0 heterocycles. The van der Waals surface area contributed by atoms with Crippen LogP contribution >= 0.6 is 0 Å². The van der Waals surface area contributed by atoms with Crippen molar-refractivity contribution in [3.05, 3.63) is 18.2 Å². The maximum absolute atomic E-state index is 12.2.